The van der Waals surface area contributed by atoms with Crippen LogP contribution in [0.5, 0.6) is 0 Å². The van der Waals surface area contributed by atoms with Gasteiger partial charge in [0.05, 0.1) is 25.7 Å². The first-order valence-corrected chi connectivity index (χ1v) is 10.6. The standard InChI is InChI=1S/C17H24N2O4S/c1-22-16(20)11-14-17(21)13-7-5-6-8-15(13)19(18-14)12-23-9-10-24(2,3)4/h5-8H,9-12H2,1-4H3. The van der Waals surface area contributed by atoms with Gasteiger partial charge in [0.25, 0.3) is 0 Å². The van der Waals surface area contributed by atoms with Crippen molar-refractivity contribution in [2.45, 2.75) is 13.2 Å². The van der Waals surface area contributed by atoms with Crippen LogP contribution in [-0.4, -0.2) is 54.0 Å². The maximum absolute atomic E-state index is 12.5. The minimum atomic E-state index is -0.621. The third-order valence-electron chi connectivity index (χ3n) is 3.52. The lowest BCUT2D eigenvalue weighted by atomic mass is 10.2. The smallest absolute Gasteiger partial charge is 0.311 e. The van der Waals surface area contributed by atoms with E-state index >= 15 is 0 Å². The molecule has 0 bridgehead atoms. The number of rotatable bonds is 7. The average molecular weight is 352 g/mol. The monoisotopic (exact) mass is 352 g/mol. The molecule has 0 unspecified atom stereocenters. The Morgan fingerprint density at radius 3 is 2.62 bits per heavy atom. The van der Waals surface area contributed by atoms with Gasteiger partial charge in [-0.05, 0) is 30.9 Å². The van der Waals surface area contributed by atoms with Crippen molar-refractivity contribution in [3.05, 3.63) is 40.2 Å². The van der Waals surface area contributed by atoms with E-state index in [4.69, 9.17) is 4.74 Å². The highest BCUT2D eigenvalue weighted by atomic mass is 32.3. The van der Waals surface area contributed by atoms with Gasteiger partial charge in [-0.1, -0.05) is 12.1 Å². The van der Waals surface area contributed by atoms with Crippen LogP contribution < -0.4 is 5.43 Å². The Bertz CT molecular complexity index is 780. The number of ether oxygens (including phenoxy) is 2. The topological polar surface area (TPSA) is 70.4 Å². The van der Waals surface area contributed by atoms with Crippen LogP contribution >= 0.6 is 10.0 Å². The Balaban J connectivity index is 2.28. The third kappa shape index (κ3) is 4.82. The van der Waals surface area contributed by atoms with Gasteiger partial charge in [-0.15, -0.1) is 0 Å². The normalized spacial score (nSPS) is 12.3. The second-order valence-electron chi connectivity index (χ2n) is 6.38. The van der Waals surface area contributed by atoms with E-state index in [1.165, 1.54) is 7.11 Å². The summed E-state index contributed by atoms with van der Waals surface area (Å²) < 4.78 is 12.0. The predicted octanol–water partition coefficient (Wildman–Crippen LogP) is 1.78. The van der Waals surface area contributed by atoms with E-state index in [0.717, 1.165) is 5.75 Å². The summed E-state index contributed by atoms with van der Waals surface area (Å²) in [5.74, 6) is 0.513. The fourth-order valence-electron chi connectivity index (χ4n) is 2.17. The number of benzene rings is 1. The van der Waals surface area contributed by atoms with Gasteiger partial charge in [0.15, 0.2) is 0 Å². The summed E-state index contributed by atoms with van der Waals surface area (Å²) in [6.45, 7) is 0.873. The Morgan fingerprint density at radius 1 is 1.25 bits per heavy atom. The van der Waals surface area contributed by atoms with E-state index in [9.17, 15) is 9.59 Å². The van der Waals surface area contributed by atoms with Crippen LogP contribution in [0.4, 0.5) is 0 Å². The van der Waals surface area contributed by atoms with Crippen molar-refractivity contribution in [3.63, 3.8) is 0 Å². The molecule has 1 aromatic heterocycles. The van der Waals surface area contributed by atoms with Gasteiger partial charge in [0.1, 0.15) is 12.4 Å². The Kier molecular flexibility index (Phi) is 6.01. The number of esters is 1. The van der Waals surface area contributed by atoms with Crippen LogP contribution in [0.25, 0.3) is 10.9 Å². The molecule has 0 saturated carbocycles. The van der Waals surface area contributed by atoms with Crippen molar-refractivity contribution >= 4 is 26.9 Å². The molecule has 0 aliphatic heterocycles. The highest BCUT2D eigenvalue weighted by molar-refractivity contribution is 8.32. The van der Waals surface area contributed by atoms with Crippen LogP contribution in [-0.2, 0) is 27.4 Å². The Labute approximate surface area is 143 Å². The van der Waals surface area contributed by atoms with Gasteiger partial charge in [0.2, 0.25) is 5.43 Å². The number of nitrogens with zero attached hydrogens (tertiary/aromatic N) is 2. The molecule has 2 aromatic rings. The van der Waals surface area contributed by atoms with Gasteiger partial charge in [-0.3, -0.25) is 9.59 Å². The molecule has 2 rings (SSSR count). The van der Waals surface area contributed by atoms with Crippen LogP contribution in [0, 0.1) is 0 Å². The molecule has 0 aliphatic rings. The number of fused-ring (bicyclic) bond motifs is 1. The number of hydrogen-bond donors (Lipinski definition) is 0. The summed E-state index contributed by atoms with van der Waals surface area (Å²) in [5.41, 5.74) is 0.621. The SMILES string of the molecule is COC(=O)Cc1nn(COCCS(C)(C)C)c2ccccc2c1=O. The van der Waals surface area contributed by atoms with Crippen molar-refractivity contribution in [3.8, 4) is 0 Å². The van der Waals surface area contributed by atoms with Crippen molar-refractivity contribution in [2.75, 3.05) is 38.2 Å². The molecule has 0 spiro atoms. The largest absolute Gasteiger partial charge is 0.469 e. The van der Waals surface area contributed by atoms with Crippen molar-refractivity contribution in [1.82, 2.24) is 9.78 Å². The minimum Gasteiger partial charge on any atom is -0.469 e. The van der Waals surface area contributed by atoms with Gasteiger partial charge in [0, 0.05) is 11.1 Å². The molecular weight excluding hydrogens is 328 g/mol. The van der Waals surface area contributed by atoms with E-state index in [1.807, 2.05) is 12.1 Å². The number of para-hydroxylation sites is 1. The number of carbonyl (C=O) groups is 1. The predicted molar refractivity (Wildman–Crippen MR) is 97.9 cm³/mol. The number of hydrogen-bond acceptors (Lipinski definition) is 5. The number of aromatic nitrogens is 2. The van der Waals surface area contributed by atoms with E-state index in [0.29, 0.717) is 17.5 Å². The van der Waals surface area contributed by atoms with Crippen LogP contribution in [0.15, 0.2) is 29.1 Å². The molecule has 0 radical (unpaired) electrons. The summed E-state index contributed by atoms with van der Waals surface area (Å²) >= 11 is 0. The van der Waals surface area contributed by atoms with Crippen LogP contribution in [0.1, 0.15) is 5.69 Å². The van der Waals surface area contributed by atoms with Crippen LogP contribution in [0.3, 0.4) is 0 Å². The summed E-state index contributed by atoms with van der Waals surface area (Å²) in [4.78, 5) is 24.0. The molecule has 1 aromatic carbocycles. The maximum Gasteiger partial charge on any atom is 0.311 e. The number of methoxy groups -OCH3 is 1. The lowest BCUT2D eigenvalue weighted by molar-refractivity contribution is -0.139. The minimum absolute atomic E-state index is 0.147. The first-order valence-electron chi connectivity index (χ1n) is 7.61. The molecule has 1 heterocycles. The van der Waals surface area contributed by atoms with Crippen LogP contribution in [0.2, 0.25) is 0 Å². The quantitative estimate of drug-likeness (QED) is 0.561. The molecular formula is C17H24N2O4S. The lowest BCUT2D eigenvalue weighted by Crippen LogP contribution is -2.23. The van der Waals surface area contributed by atoms with E-state index < -0.39 is 16.0 Å². The maximum atomic E-state index is 12.5. The average Bonchev–Trinajstić information content (AvgIpc) is 2.54. The van der Waals surface area contributed by atoms with E-state index in [2.05, 4.69) is 28.6 Å². The fraction of sp³-hybridized carbons (Fsp3) is 0.471. The molecule has 0 saturated heterocycles. The van der Waals surface area contributed by atoms with E-state index in [-0.39, 0.29) is 24.3 Å². The summed E-state index contributed by atoms with van der Waals surface area (Å²) in [6, 6.07) is 7.19. The molecule has 7 heteroatoms. The summed E-state index contributed by atoms with van der Waals surface area (Å²) in [7, 11) is 0.670. The second-order valence-corrected chi connectivity index (χ2v) is 11.0. The third-order valence-corrected chi connectivity index (χ3v) is 4.91. The highest BCUT2D eigenvalue weighted by Gasteiger charge is 2.14. The summed E-state index contributed by atoms with van der Waals surface area (Å²) in [6.07, 6.45) is 6.56. The molecule has 0 fully saturated rings. The van der Waals surface area contributed by atoms with Gasteiger partial charge < -0.3 is 9.47 Å². The van der Waals surface area contributed by atoms with Gasteiger partial charge in [-0.2, -0.15) is 5.10 Å². The first-order chi connectivity index (χ1) is 11.3. The summed E-state index contributed by atoms with van der Waals surface area (Å²) in [5, 5.41) is 4.83. The second kappa shape index (κ2) is 7.81. The zero-order valence-corrected chi connectivity index (χ0v) is 15.4. The van der Waals surface area contributed by atoms with Gasteiger partial charge >= 0.3 is 5.97 Å². The molecule has 6 nitrogen and oxygen atoms in total. The Morgan fingerprint density at radius 2 is 1.96 bits per heavy atom. The lowest BCUT2D eigenvalue weighted by Gasteiger charge is -2.24. The highest BCUT2D eigenvalue weighted by Crippen LogP contribution is 2.33. The fourth-order valence-corrected chi connectivity index (χ4v) is 2.79. The molecule has 0 N–H and O–H groups in total. The zero-order chi connectivity index (χ0) is 17.7. The molecule has 24 heavy (non-hydrogen) atoms. The van der Waals surface area contributed by atoms with Crippen molar-refractivity contribution < 1.29 is 14.3 Å². The van der Waals surface area contributed by atoms with Crippen molar-refractivity contribution in [1.29, 1.82) is 0 Å². The van der Waals surface area contributed by atoms with Crippen molar-refractivity contribution in [2.24, 2.45) is 0 Å². The molecule has 0 atom stereocenters. The van der Waals surface area contributed by atoms with Gasteiger partial charge in [-0.25, -0.2) is 14.7 Å². The molecule has 132 valence electrons. The number of carbonyl (C=O) groups excluding carboxylic acids is 1. The zero-order valence-electron chi connectivity index (χ0n) is 14.6. The Hall–Kier alpha value is -1.86. The van der Waals surface area contributed by atoms with E-state index in [1.54, 1.807) is 16.8 Å². The first kappa shape index (κ1) is 18.5. The molecule has 0 amide bonds. The molecule has 0 aliphatic carbocycles.